The highest BCUT2D eigenvalue weighted by Crippen LogP contribution is 2.09. The first kappa shape index (κ1) is 20.9. The summed E-state index contributed by atoms with van der Waals surface area (Å²) in [7, 11) is 0. The Bertz CT molecular complexity index is 177. The fourth-order valence-electron chi connectivity index (χ4n) is 1.41. The molecule has 0 aliphatic heterocycles. The Morgan fingerprint density at radius 3 is 1.20 bits per heavy atom. The summed E-state index contributed by atoms with van der Waals surface area (Å²) in [6.07, 6.45) is 2.58. The Labute approximate surface area is 139 Å². The Balaban J connectivity index is 3.98. The van der Waals surface area contributed by atoms with Crippen molar-refractivity contribution in [2.24, 2.45) is 0 Å². The van der Waals surface area contributed by atoms with Crippen molar-refractivity contribution in [3.63, 3.8) is 0 Å². The van der Waals surface area contributed by atoms with Crippen LogP contribution in [0.2, 0.25) is 0 Å². The van der Waals surface area contributed by atoms with E-state index in [1.807, 2.05) is 0 Å². The molecule has 7 heteroatoms. The summed E-state index contributed by atoms with van der Waals surface area (Å²) in [5.74, 6) is 2.32. The van der Waals surface area contributed by atoms with Gasteiger partial charge in [-0.3, -0.25) is 0 Å². The molecule has 0 fully saturated rings. The van der Waals surface area contributed by atoms with Gasteiger partial charge in [-0.2, -0.15) is 37.9 Å². The van der Waals surface area contributed by atoms with Gasteiger partial charge in [0, 0.05) is 19.8 Å². The number of hydrogen-bond acceptors (Lipinski definition) is 7. The van der Waals surface area contributed by atoms with Gasteiger partial charge in [-0.15, -0.1) is 0 Å². The van der Waals surface area contributed by atoms with Crippen molar-refractivity contribution in [2.45, 2.75) is 24.9 Å². The predicted octanol–water partition coefficient (Wildman–Crippen LogP) is 1.73. The zero-order chi connectivity index (χ0) is 15.1. The van der Waals surface area contributed by atoms with Crippen molar-refractivity contribution in [3.05, 3.63) is 0 Å². The van der Waals surface area contributed by atoms with Crippen LogP contribution in [0.4, 0.5) is 0 Å². The molecule has 0 radical (unpaired) electrons. The second-order valence-corrected chi connectivity index (χ2v) is 5.96. The van der Waals surface area contributed by atoms with Crippen LogP contribution in [-0.4, -0.2) is 67.6 Å². The van der Waals surface area contributed by atoms with Gasteiger partial charge in [0.05, 0.1) is 19.8 Å². The van der Waals surface area contributed by atoms with Gasteiger partial charge in [-0.25, -0.2) is 0 Å². The van der Waals surface area contributed by atoms with Gasteiger partial charge in [0.1, 0.15) is 5.60 Å². The summed E-state index contributed by atoms with van der Waals surface area (Å²) in [6.45, 7) is 2.38. The highest BCUT2D eigenvalue weighted by molar-refractivity contribution is 7.80. The lowest BCUT2D eigenvalue weighted by Gasteiger charge is -2.27. The van der Waals surface area contributed by atoms with E-state index in [0.29, 0.717) is 19.8 Å². The lowest BCUT2D eigenvalue weighted by molar-refractivity contribution is -0.132. The lowest BCUT2D eigenvalue weighted by Crippen LogP contribution is -2.44. The number of rotatable bonds is 15. The zero-order valence-corrected chi connectivity index (χ0v) is 14.7. The normalized spacial score (nSPS) is 12.0. The first-order chi connectivity index (χ1) is 9.68. The average molecular weight is 345 g/mol. The van der Waals surface area contributed by atoms with Gasteiger partial charge >= 0.3 is 0 Å². The van der Waals surface area contributed by atoms with Gasteiger partial charge in [0.15, 0.2) is 0 Å². The van der Waals surface area contributed by atoms with Crippen molar-refractivity contribution in [1.82, 2.24) is 0 Å². The molecule has 0 aliphatic carbocycles. The monoisotopic (exact) mass is 344 g/mol. The fourth-order valence-corrected chi connectivity index (χ4v) is 1.80. The molecule has 0 saturated carbocycles. The molecule has 0 spiro atoms. The minimum atomic E-state index is -1.09. The number of ether oxygens (including phenoxy) is 3. The number of aliphatic hydroxyl groups is 1. The van der Waals surface area contributed by atoms with Crippen LogP contribution in [0.15, 0.2) is 0 Å². The maximum Gasteiger partial charge on any atom is 0.134 e. The Morgan fingerprint density at radius 2 is 0.950 bits per heavy atom. The molecule has 0 aliphatic rings. The average Bonchev–Trinajstić information content (AvgIpc) is 2.45. The molecule has 122 valence electrons. The van der Waals surface area contributed by atoms with Gasteiger partial charge in [0.25, 0.3) is 0 Å². The van der Waals surface area contributed by atoms with Crippen molar-refractivity contribution in [2.75, 3.05) is 56.9 Å². The summed E-state index contributed by atoms with van der Waals surface area (Å²) in [6, 6.07) is 0. The second-order valence-electron chi connectivity index (χ2n) is 4.61. The summed E-state index contributed by atoms with van der Waals surface area (Å²) in [5.41, 5.74) is -1.09. The molecule has 0 atom stereocenters. The molecule has 0 aromatic carbocycles. The van der Waals surface area contributed by atoms with E-state index < -0.39 is 5.60 Å². The Kier molecular flexibility index (Phi) is 15.5. The van der Waals surface area contributed by atoms with Crippen LogP contribution in [0.25, 0.3) is 0 Å². The number of hydrogen-bond donors (Lipinski definition) is 4. The second kappa shape index (κ2) is 14.8. The Hall–Kier alpha value is 0.890. The predicted molar refractivity (Wildman–Crippen MR) is 92.8 cm³/mol. The molecule has 0 aromatic heterocycles. The van der Waals surface area contributed by atoms with E-state index in [4.69, 9.17) is 14.2 Å². The molecule has 0 heterocycles. The molecular weight excluding hydrogens is 316 g/mol. The van der Waals surface area contributed by atoms with E-state index in [1.54, 1.807) is 0 Å². The fraction of sp³-hybridized carbons (Fsp3) is 1.00. The number of thiol groups is 3. The van der Waals surface area contributed by atoms with Crippen LogP contribution in [0.3, 0.4) is 0 Å². The SMILES string of the molecule is OC(COCCCS)(COCCCS)COCCCS. The van der Waals surface area contributed by atoms with Crippen molar-refractivity contribution >= 4 is 37.9 Å². The molecule has 0 aromatic rings. The summed E-state index contributed by atoms with van der Waals surface area (Å²) >= 11 is 12.4. The summed E-state index contributed by atoms with van der Waals surface area (Å²) in [5, 5.41) is 10.5. The van der Waals surface area contributed by atoms with Gasteiger partial charge in [-0.05, 0) is 36.5 Å². The third kappa shape index (κ3) is 12.6. The Morgan fingerprint density at radius 1 is 0.650 bits per heavy atom. The van der Waals surface area contributed by atoms with E-state index in [9.17, 15) is 5.11 Å². The third-order valence-electron chi connectivity index (χ3n) is 2.45. The van der Waals surface area contributed by atoms with Crippen molar-refractivity contribution < 1.29 is 19.3 Å². The topological polar surface area (TPSA) is 47.9 Å². The standard InChI is InChI=1S/C13H28O4S3/c14-13(10-15-4-1-7-18,11-16-5-2-8-19)12-17-6-3-9-20/h14,18-20H,1-12H2. The highest BCUT2D eigenvalue weighted by atomic mass is 32.1. The maximum atomic E-state index is 10.5. The lowest BCUT2D eigenvalue weighted by atomic mass is 10.1. The third-order valence-corrected chi connectivity index (χ3v) is 3.40. The zero-order valence-electron chi connectivity index (χ0n) is 12.0. The van der Waals surface area contributed by atoms with Gasteiger partial charge < -0.3 is 19.3 Å². The van der Waals surface area contributed by atoms with E-state index in [-0.39, 0.29) is 19.8 Å². The molecular formula is C13H28O4S3. The molecule has 0 unspecified atom stereocenters. The molecule has 0 rings (SSSR count). The minimum Gasteiger partial charge on any atom is -0.383 e. The molecule has 0 bridgehead atoms. The van der Waals surface area contributed by atoms with Gasteiger partial charge in [-0.1, -0.05) is 0 Å². The van der Waals surface area contributed by atoms with Crippen LogP contribution in [0.1, 0.15) is 19.3 Å². The van der Waals surface area contributed by atoms with Crippen molar-refractivity contribution in [3.8, 4) is 0 Å². The minimum absolute atomic E-state index is 0.211. The molecule has 20 heavy (non-hydrogen) atoms. The smallest absolute Gasteiger partial charge is 0.134 e. The summed E-state index contributed by atoms with van der Waals surface area (Å²) < 4.78 is 16.4. The van der Waals surface area contributed by atoms with Crippen molar-refractivity contribution in [1.29, 1.82) is 0 Å². The quantitative estimate of drug-likeness (QED) is 0.270. The highest BCUT2D eigenvalue weighted by Gasteiger charge is 2.28. The first-order valence-corrected chi connectivity index (χ1v) is 8.86. The maximum absolute atomic E-state index is 10.5. The largest absolute Gasteiger partial charge is 0.383 e. The van der Waals surface area contributed by atoms with Crippen LogP contribution >= 0.6 is 37.9 Å². The summed E-state index contributed by atoms with van der Waals surface area (Å²) in [4.78, 5) is 0. The van der Waals surface area contributed by atoms with Crippen LogP contribution in [0, 0.1) is 0 Å². The van der Waals surface area contributed by atoms with Crippen LogP contribution < -0.4 is 0 Å². The van der Waals surface area contributed by atoms with Crippen LogP contribution in [-0.2, 0) is 14.2 Å². The van der Waals surface area contributed by atoms with E-state index in [2.05, 4.69) is 37.9 Å². The molecule has 0 amide bonds. The van der Waals surface area contributed by atoms with Gasteiger partial charge in [0.2, 0.25) is 0 Å². The van der Waals surface area contributed by atoms with E-state index in [0.717, 1.165) is 36.5 Å². The first-order valence-electron chi connectivity index (χ1n) is 6.97. The molecule has 1 N–H and O–H groups in total. The molecule has 0 saturated heterocycles. The molecule has 4 nitrogen and oxygen atoms in total. The van der Waals surface area contributed by atoms with E-state index >= 15 is 0 Å². The van der Waals surface area contributed by atoms with E-state index in [1.165, 1.54) is 0 Å². The van der Waals surface area contributed by atoms with Crippen LogP contribution in [0.5, 0.6) is 0 Å².